The van der Waals surface area contributed by atoms with Crippen LogP contribution < -0.4 is 0 Å². The number of fused-ring (bicyclic) bond motifs is 8. The molecule has 0 atom stereocenters. The molecule has 3 aromatic heterocycles. The van der Waals surface area contributed by atoms with Crippen LogP contribution in [-0.2, 0) is 0 Å². The van der Waals surface area contributed by atoms with E-state index in [0.717, 1.165) is 71.3 Å². The van der Waals surface area contributed by atoms with Crippen molar-refractivity contribution in [3.8, 4) is 17.2 Å². The predicted molar refractivity (Wildman–Crippen MR) is 164 cm³/mol. The minimum Gasteiger partial charge on any atom is -0.456 e. The van der Waals surface area contributed by atoms with Crippen LogP contribution >= 0.6 is 0 Å². The SMILES string of the molecule is c1ccc(-c2nc(-n3c4ccccc4c4cc5cc6oc7ccccc7c6cc5cc43)nc3ccccc23)cc1. The summed E-state index contributed by atoms with van der Waals surface area (Å²) < 4.78 is 8.41. The van der Waals surface area contributed by atoms with Crippen molar-refractivity contribution in [2.75, 3.05) is 0 Å². The second kappa shape index (κ2) is 8.01. The molecule has 4 nitrogen and oxygen atoms in total. The fourth-order valence-corrected chi connectivity index (χ4v) is 6.13. The van der Waals surface area contributed by atoms with Crippen LogP contribution in [0.3, 0.4) is 0 Å². The summed E-state index contributed by atoms with van der Waals surface area (Å²) in [5.41, 5.74) is 6.89. The molecule has 6 aromatic carbocycles. The number of nitrogens with zero attached hydrogens (tertiary/aromatic N) is 3. The van der Waals surface area contributed by atoms with Gasteiger partial charge in [-0.15, -0.1) is 0 Å². The Kier molecular flexibility index (Phi) is 4.30. The van der Waals surface area contributed by atoms with E-state index in [1.807, 2.05) is 30.3 Å². The predicted octanol–water partition coefficient (Wildman–Crippen LogP) is 9.45. The average Bonchev–Trinajstić information content (AvgIpc) is 3.53. The summed E-state index contributed by atoms with van der Waals surface area (Å²) in [6.45, 7) is 0. The van der Waals surface area contributed by atoms with E-state index in [1.54, 1.807) is 0 Å². The fourth-order valence-electron chi connectivity index (χ4n) is 6.13. The molecule has 3 heterocycles. The average molecular weight is 512 g/mol. The van der Waals surface area contributed by atoms with E-state index in [-0.39, 0.29) is 0 Å². The lowest BCUT2D eigenvalue weighted by molar-refractivity contribution is 0.669. The molecule has 9 aromatic rings. The van der Waals surface area contributed by atoms with Crippen molar-refractivity contribution in [2.24, 2.45) is 0 Å². The highest BCUT2D eigenvalue weighted by Gasteiger charge is 2.18. The molecular weight excluding hydrogens is 490 g/mol. The molecule has 4 heteroatoms. The number of para-hydroxylation sites is 3. The lowest BCUT2D eigenvalue weighted by Crippen LogP contribution is -2.03. The summed E-state index contributed by atoms with van der Waals surface area (Å²) in [4.78, 5) is 10.3. The molecule has 0 saturated heterocycles. The van der Waals surface area contributed by atoms with E-state index in [9.17, 15) is 0 Å². The number of aromatic nitrogens is 3. The molecule has 0 fully saturated rings. The first-order chi connectivity index (χ1) is 19.8. The van der Waals surface area contributed by atoms with Gasteiger partial charge in [-0.05, 0) is 53.2 Å². The van der Waals surface area contributed by atoms with E-state index in [2.05, 4.69) is 102 Å². The lowest BCUT2D eigenvalue weighted by Gasteiger charge is -2.12. The van der Waals surface area contributed by atoms with Gasteiger partial charge in [0.1, 0.15) is 11.2 Å². The zero-order valence-electron chi connectivity index (χ0n) is 21.4. The molecule has 0 amide bonds. The van der Waals surface area contributed by atoms with Gasteiger partial charge in [0, 0.05) is 32.5 Å². The third kappa shape index (κ3) is 3.01. The second-order valence-electron chi connectivity index (χ2n) is 10.3. The molecule has 40 heavy (non-hydrogen) atoms. The highest BCUT2D eigenvalue weighted by molar-refractivity contribution is 6.16. The summed E-state index contributed by atoms with van der Waals surface area (Å²) in [5.74, 6) is 0.665. The maximum Gasteiger partial charge on any atom is 0.235 e. The quantitative estimate of drug-likeness (QED) is 0.232. The zero-order valence-corrected chi connectivity index (χ0v) is 21.4. The van der Waals surface area contributed by atoms with Crippen molar-refractivity contribution in [3.05, 3.63) is 127 Å². The van der Waals surface area contributed by atoms with Gasteiger partial charge < -0.3 is 4.42 Å². The van der Waals surface area contributed by atoms with Crippen LogP contribution in [0.4, 0.5) is 0 Å². The fraction of sp³-hybridized carbons (Fsp3) is 0. The van der Waals surface area contributed by atoms with Gasteiger partial charge in [-0.2, -0.15) is 0 Å². The third-order valence-corrected chi connectivity index (χ3v) is 7.97. The summed E-state index contributed by atoms with van der Waals surface area (Å²) in [5, 5.41) is 7.92. The third-order valence-electron chi connectivity index (χ3n) is 7.97. The zero-order chi connectivity index (χ0) is 26.2. The Morgan fingerprint density at radius 2 is 1.18 bits per heavy atom. The summed E-state index contributed by atoms with van der Waals surface area (Å²) in [6.07, 6.45) is 0. The lowest BCUT2D eigenvalue weighted by atomic mass is 10.0. The molecule has 0 saturated carbocycles. The van der Waals surface area contributed by atoms with Gasteiger partial charge in [0.05, 0.1) is 22.2 Å². The van der Waals surface area contributed by atoms with E-state index in [0.29, 0.717) is 5.95 Å². The largest absolute Gasteiger partial charge is 0.456 e. The second-order valence-corrected chi connectivity index (χ2v) is 10.3. The molecule has 0 aliphatic heterocycles. The van der Waals surface area contributed by atoms with E-state index >= 15 is 0 Å². The molecule has 0 radical (unpaired) electrons. The summed E-state index contributed by atoms with van der Waals surface area (Å²) >= 11 is 0. The van der Waals surface area contributed by atoms with E-state index < -0.39 is 0 Å². The van der Waals surface area contributed by atoms with Gasteiger partial charge in [-0.25, -0.2) is 9.97 Å². The maximum atomic E-state index is 6.21. The number of hydrogen-bond donors (Lipinski definition) is 0. The molecule has 0 N–H and O–H groups in total. The Hall–Kier alpha value is -5.48. The minimum atomic E-state index is 0.665. The molecule has 186 valence electrons. The minimum absolute atomic E-state index is 0.665. The van der Waals surface area contributed by atoms with Crippen molar-refractivity contribution in [1.29, 1.82) is 0 Å². The van der Waals surface area contributed by atoms with Gasteiger partial charge in [-0.3, -0.25) is 4.57 Å². The molecule has 0 bridgehead atoms. The van der Waals surface area contributed by atoms with Crippen molar-refractivity contribution in [1.82, 2.24) is 14.5 Å². The Labute approximate surface area is 228 Å². The highest BCUT2D eigenvalue weighted by Crippen LogP contribution is 2.38. The van der Waals surface area contributed by atoms with Crippen LogP contribution in [0, 0.1) is 0 Å². The van der Waals surface area contributed by atoms with Crippen LogP contribution in [0.15, 0.2) is 132 Å². The summed E-state index contributed by atoms with van der Waals surface area (Å²) in [7, 11) is 0. The molecule has 0 unspecified atom stereocenters. The molecule has 0 aliphatic carbocycles. The van der Waals surface area contributed by atoms with Crippen molar-refractivity contribution < 1.29 is 4.42 Å². The molecule has 0 spiro atoms. The smallest absolute Gasteiger partial charge is 0.235 e. The number of benzene rings is 6. The Bertz CT molecular complexity index is 2430. The highest BCUT2D eigenvalue weighted by atomic mass is 16.3. The number of furan rings is 1. The van der Waals surface area contributed by atoms with Crippen molar-refractivity contribution in [3.63, 3.8) is 0 Å². The van der Waals surface area contributed by atoms with Crippen molar-refractivity contribution in [2.45, 2.75) is 0 Å². The number of rotatable bonds is 2. The number of hydrogen-bond acceptors (Lipinski definition) is 3. The first-order valence-corrected chi connectivity index (χ1v) is 13.4. The van der Waals surface area contributed by atoms with Gasteiger partial charge in [0.15, 0.2) is 0 Å². The molecule has 0 aliphatic rings. The van der Waals surface area contributed by atoms with Crippen LogP contribution in [0.2, 0.25) is 0 Å². The standard InChI is InChI=1S/C36H21N3O/c1-2-10-22(11-3-1)35-27-14-4-7-15-30(27)37-36(38-35)39-31-16-8-5-12-25(31)28-18-24-21-34-29(19-23(24)20-32(28)39)26-13-6-9-17-33(26)40-34/h1-21H. The topological polar surface area (TPSA) is 43.9 Å². The molecule has 9 rings (SSSR count). The van der Waals surface area contributed by atoms with Crippen LogP contribution in [0.25, 0.3) is 82.6 Å². The van der Waals surface area contributed by atoms with Crippen LogP contribution in [0.1, 0.15) is 0 Å². The van der Waals surface area contributed by atoms with Gasteiger partial charge in [-0.1, -0.05) is 84.9 Å². The van der Waals surface area contributed by atoms with E-state index in [1.165, 1.54) is 5.39 Å². The normalized spacial score (nSPS) is 12.0. The van der Waals surface area contributed by atoms with Gasteiger partial charge in [0.2, 0.25) is 5.95 Å². The molecular formula is C36H21N3O. The Morgan fingerprint density at radius 1 is 0.475 bits per heavy atom. The van der Waals surface area contributed by atoms with Gasteiger partial charge in [0.25, 0.3) is 0 Å². The first-order valence-electron chi connectivity index (χ1n) is 13.4. The van der Waals surface area contributed by atoms with Gasteiger partial charge >= 0.3 is 0 Å². The first kappa shape index (κ1) is 21.5. The van der Waals surface area contributed by atoms with Crippen LogP contribution in [0.5, 0.6) is 0 Å². The van der Waals surface area contributed by atoms with E-state index in [4.69, 9.17) is 14.4 Å². The maximum absolute atomic E-state index is 6.21. The van der Waals surface area contributed by atoms with Crippen molar-refractivity contribution >= 4 is 65.4 Å². The Morgan fingerprint density at radius 3 is 2.08 bits per heavy atom. The summed E-state index contributed by atoms with van der Waals surface area (Å²) in [6, 6.07) is 44.3. The van der Waals surface area contributed by atoms with Crippen LogP contribution in [-0.4, -0.2) is 14.5 Å². The Balaban J connectivity index is 1.40. The monoisotopic (exact) mass is 511 g/mol.